The zero-order valence-electron chi connectivity index (χ0n) is 15.1. The number of rotatable bonds is 5. The quantitative estimate of drug-likeness (QED) is 0.735. The van der Waals surface area contributed by atoms with Crippen LogP contribution in [0.25, 0.3) is 0 Å². The number of hydrogen-bond donors (Lipinski definition) is 2. The fourth-order valence-corrected chi connectivity index (χ4v) is 3.94. The van der Waals surface area contributed by atoms with Gasteiger partial charge in [-0.2, -0.15) is 0 Å². The molecule has 0 atom stereocenters. The molecule has 4 rings (SSSR count). The maximum Gasteiger partial charge on any atom is 0.232 e. The predicted octanol–water partition coefficient (Wildman–Crippen LogP) is 3.46. The van der Waals surface area contributed by atoms with E-state index in [1.165, 1.54) is 0 Å². The first-order chi connectivity index (χ1) is 13.1. The molecule has 0 saturated heterocycles. The Morgan fingerprint density at radius 3 is 1.74 bits per heavy atom. The number of nitrogens with one attached hydrogen (secondary N) is 1. The molecule has 27 heavy (non-hydrogen) atoms. The molecule has 0 radical (unpaired) electrons. The minimum absolute atomic E-state index is 0.0863. The highest BCUT2D eigenvalue weighted by Crippen LogP contribution is 2.30. The molecule has 3 aromatic rings. The lowest BCUT2D eigenvalue weighted by molar-refractivity contribution is -0.122. The van der Waals surface area contributed by atoms with Gasteiger partial charge in [-0.05, 0) is 22.3 Å². The largest absolute Gasteiger partial charge is 0.387 e. The topological polar surface area (TPSA) is 49.3 Å². The van der Waals surface area contributed by atoms with Crippen LogP contribution in [0.1, 0.15) is 28.2 Å². The van der Waals surface area contributed by atoms with Crippen LogP contribution < -0.4 is 5.32 Å². The van der Waals surface area contributed by atoms with Gasteiger partial charge in [0.05, 0.1) is 11.5 Å². The zero-order chi connectivity index (χ0) is 18.7. The van der Waals surface area contributed by atoms with Crippen molar-refractivity contribution in [3.8, 4) is 0 Å². The molecule has 1 aliphatic carbocycles. The Kier molecular flexibility index (Phi) is 4.78. The minimum Gasteiger partial charge on any atom is -0.387 e. The Morgan fingerprint density at radius 1 is 0.815 bits per heavy atom. The van der Waals surface area contributed by atoms with E-state index >= 15 is 0 Å². The van der Waals surface area contributed by atoms with Crippen molar-refractivity contribution in [2.75, 3.05) is 6.54 Å². The van der Waals surface area contributed by atoms with E-state index in [9.17, 15) is 9.90 Å². The summed E-state index contributed by atoms with van der Waals surface area (Å²) in [7, 11) is 0. The van der Waals surface area contributed by atoms with E-state index < -0.39 is 5.60 Å². The summed E-state index contributed by atoms with van der Waals surface area (Å²) in [6.07, 6.45) is 1.15. The molecule has 2 N–H and O–H groups in total. The third kappa shape index (κ3) is 3.79. The van der Waals surface area contributed by atoms with E-state index in [0.717, 1.165) is 22.3 Å². The second kappa shape index (κ2) is 7.37. The van der Waals surface area contributed by atoms with Gasteiger partial charge in [0.1, 0.15) is 0 Å². The molecule has 3 aromatic carbocycles. The van der Waals surface area contributed by atoms with Gasteiger partial charge in [0.2, 0.25) is 5.91 Å². The number of carbonyl (C=O) groups is 1. The average Bonchev–Trinajstić information content (AvgIpc) is 3.05. The van der Waals surface area contributed by atoms with Crippen LogP contribution in [0.3, 0.4) is 0 Å². The number of hydrogen-bond acceptors (Lipinski definition) is 2. The molecule has 0 aliphatic heterocycles. The lowest BCUT2D eigenvalue weighted by atomic mass is 9.90. The number of amides is 1. The fourth-order valence-electron chi connectivity index (χ4n) is 3.94. The van der Waals surface area contributed by atoms with Crippen molar-refractivity contribution >= 4 is 5.91 Å². The number of carbonyl (C=O) groups excluding carboxylic acids is 1. The van der Waals surface area contributed by atoms with Crippen molar-refractivity contribution in [3.05, 3.63) is 107 Å². The zero-order valence-corrected chi connectivity index (χ0v) is 15.1. The minimum atomic E-state index is -0.919. The molecular weight excluding hydrogens is 334 g/mol. The lowest BCUT2D eigenvalue weighted by Gasteiger charge is -2.25. The van der Waals surface area contributed by atoms with Gasteiger partial charge >= 0.3 is 0 Å². The average molecular weight is 357 g/mol. The van der Waals surface area contributed by atoms with Crippen molar-refractivity contribution in [1.29, 1.82) is 0 Å². The highest BCUT2D eigenvalue weighted by atomic mass is 16.3. The number of aliphatic hydroxyl groups is 1. The summed E-state index contributed by atoms with van der Waals surface area (Å²) >= 11 is 0. The van der Waals surface area contributed by atoms with Gasteiger partial charge in [0.15, 0.2) is 0 Å². The van der Waals surface area contributed by atoms with Crippen molar-refractivity contribution in [2.45, 2.75) is 24.4 Å². The first-order valence-electron chi connectivity index (χ1n) is 9.31. The van der Waals surface area contributed by atoms with Crippen LogP contribution in [0.15, 0.2) is 84.9 Å². The Bertz CT molecular complexity index is 857. The molecule has 1 amide bonds. The van der Waals surface area contributed by atoms with Crippen LogP contribution >= 0.6 is 0 Å². The van der Waals surface area contributed by atoms with Crippen molar-refractivity contribution < 1.29 is 9.90 Å². The van der Waals surface area contributed by atoms with E-state index in [0.29, 0.717) is 12.8 Å². The molecule has 0 heterocycles. The van der Waals surface area contributed by atoms with Crippen LogP contribution in [0.4, 0.5) is 0 Å². The SMILES string of the molecule is O=C(NCC1(O)Cc2ccccc2C1)C(c1ccccc1)c1ccccc1. The predicted molar refractivity (Wildman–Crippen MR) is 107 cm³/mol. The maximum atomic E-state index is 13.1. The Balaban J connectivity index is 1.52. The highest BCUT2D eigenvalue weighted by molar-refractivity contribution is 5.87. The Labute approximate surface area is 159 Å². The Hall–Kier alpha value is -2.91. The van der Waals surface area contributed by atoms with Gasteiger partial charge in [-0.3, -0.25) is 4.79 Å². The summed E-state index contributed by atoms with van der Waals surface area (Å²) in [6, 6.07) is 27.6. The summed E-state index contributed by atoms with van der Waals surface area (Å²) in [6.45, 7) is 0.247. The van der Waals surface area contributed by atoms with Crippen molar-refractivity contribution in [3.63, 3.8) is 0 Å². The second-order valence-corrected chi connectivity index (χ2v) is 7.32. The molecule has 0 unspecified atom stereocenters. The van der Waals surface area contributed by atoms with E-state index in [2.05, 4.69) is 5.32 Å². The summed E-state index contributed by atoms with van der Waals surface area (Å²) in [4.78, 5) is 13.1. The second-order valence-electron chi connectivity index (χ2n) is 7.32. The van der Waals surface area contributed by atoms with Crippen molar-refractivity contribution in [2.24, 2.45) is 0 Å². The molecule has 0 aromatic heterocycles. The summed E-state index contributed by atoms with van der Waals surface area (Å²) in [5.74, 6) is -0.475. The number of benzene rings is 3. The van der Waals surface area contributed by atoms with Crippen LogP contribution in [0.2, 0.25) is 0 Å². The normalized spacial score (nSPS) is 14.7. The van der Waals surface area contributed by atoms with E-state index in [1.807, 2.05) is 84.9 Å². The van der Waals surface area contributed by atoms with Gasteiger partial charge in [0.25, 0.3) is 0 Å². The monoisotopic (exact) mass is 357 g/mol. The Morgan fingerprint density at radius 2 is 1.26 bits per heavy atom. The van der Waals surface area contributed by atoms with Gasteiger partial charge < -0.3 is 10.4 Å². The van der Waals surface area contributed by atoms with Gasteiger partial charge in [-0.1, -0.05) is 84.9 Å². The lowest BCUT2D eigenvalue weighted by Crippen LogP contribution is -2.45. The molecule has 0 spiro atoms. The van der Waals surface area contributed by atoms with Crippen LogP contribution in [0, 0.1) is 0 Å². The van der Waals surface area contributed by atoms with Crippen LogP contribution in [-0.2, 0) is 17.6 Å². The van der Waals surface area contributed by atoms with E-state index in [1.54, 1.807) is 0 Å². The van der Waals surface area contributed by atoms with Gasteiger partial charge in [0, 0.05) is 19.4 Å². The molecule has 3 heteroatoms. The first kappa shape index (κ1) is 17.5. The fraction of sp³-hybridized carbons (Fsp3) is 0.208. The van der Waals surface area contributed by atoms with Gasteiger partial charge in [-0.25, -0.2) is 0 Å². The van der Waals surface area contributed by atoms with E-state index in [-0.39, 0.29) is 18.4 Å². The summed E-state index contributed by atoms with van der Waals surface area (Å²) < 4.78 is 0. The standard InChI is InChI=1S/C24H23NO2/c26-23(25-17-24(27)15-20-13-7-8-14-21(20)16-24)22(18-9-3-1-4-10-18)19-11-5-2-6-12-19/h1-14,22,27H,15-17H2,(H,25,26). The smallest absolute Gasteiger partial charge is 0.232 e. The molecule has 0 bridgehead atoms. The molecule has 136 valence electrons. The van der Waals surface area contributed by atoms with Crippen LogP contribution in [-0.4, -0.2) is 23.2 Å². The third-order valence-corrected chi connectivity index (χ3v) is 5.28. The van der Waals surface area contributed by atoms with Crippen LogP contribution in [0.5, 0.6) is 0 Å². The number of fused-ring (bicyclic) bond motifs is 1. The van der Waals surface area contributed by atoms with E-state index in [4.69, 9.17) is 0 Å². The molecule has 3 nitrogen and oxygen atoms in total. The molecule has 0 fully saturated rings. The molecule has 1 aliphatic rings. The molecular formula is C24H23NO2. The molecule has 0 saturated carbocycles. The summed E-state index contributed by atoms with van der Waals surface area (Å²) in [5, 5.41) is 14.0. The highest BCUT2D eigenvalue weighted by Gasteiger charge is 2.36. The first-order valence-corrected chi connectivity index (χ1v) is 9.31. The van der Waals surface area contributed by atoms with Crippen molar-refractivity contribution in [1.82, 2.24) is 5.32 Å². The van der Waals surface area contributed by atoms with Gasteiger partial charge in [-0.15, -0.1) is 0 Å². The maximum absolute atomic E-state index is 13.1. The third-order valence-electron chi connectivity index (χ3n) is 5.28. The summed E-state index contributed by atoms with van der Waals surface area (Å²) in [5.41, 5.74) is 3.30.